The molecular formula is C13H13N3. The van der Waals surface area contributed by atoms with Gasteiger partial charge in [0.2, 0.25) is 5.95 Å². The van der Waals surface area contributed by atoms with E-state index in [4.69, 9.17) is 5.73 Å². The summed E-state index contributed by atoms with van der Waals surface area (Å²) in [6.07, 6.45) is 4.78. The van der Waals surface area contributed by atoms with Crippen LogP contribution in [-0.4, -0.2) is 9.97 Å². The minimum atomic E-state index is 0.379. The maximum atomic E-state index is 5.62. The topological polar surface area (TPSA) is 51.8 Å². The molecule has 1 aliphatic rings. The number of anilines is 1. The first-order chi connectivity index (χ1) is 7.83. The molecule has 0 fully saturated rings. The second kappa shape index (κ2) is 3.59. The molecule has 2 N–H and O–H groups in total. The Kier molecular flexibility index (Phi) is 2.10. The number of nitrogens with zero attached hydrogens (tertiary/aromatic N) is 2. The van der Waals surface area contributed by atoms with Crippen molar-refractivity contribution in [1.82, 2.24) is 9.97 Å². The van der Waals surface area contributed by atoms with Gasteiger partial charge in [0.1, 0.15) is 0 Å². The normalized spacial score (nSPS) is 13.8. The summed E-state index contributed by atoms with van der Waals surface area (Å²) >= 11 is 0. The lowest BCUT2D eigenvalue weighted by Crippen LogP contribution is -2.02. The maximum Gasteiger partial charge on any atom is 0.220 e. The number of hydrogen-bond donors (Lipinski definition) is 1. The number of nitrogen functional groups attached to an aromatic ring is 1. The van der Waals surface area contributed by atoms with E-state index in [9.17, 15) is 0 Å². The summed E-state index contributed by atoms with van der Waals surface area (Å²) in [5, 5.41) is 0. The van der Waals surface area contributed by atoms with Crippen molar-refractivity contribution in [3.05, 3.63) is 52.8 Å². The van der Waals surface area contributed by atoms with E-state index in [1.807, 2.05) is 6.20 Å². The molecule has 0 saturated heterocycles. The Morgan fingerprint density at radius 3 is 2.69 bits per heavy atom. The minimum absolute atomic E-state index is 0.379. The number of benzene rings is 1. The van der Waals surface area contributed by atoms with E-state index in [0.29, 0.717) is 5.95 Å². The van der Waals surface area contributed by atoms with Crippen LogP contribution < -0.4 is 5.73 Å². The first-order valence-corrected chi connectivity index (χ1v) is 5.50. The van der Waals surface area contributed by atoms with E-state index >= 15 is 0 Å². The van der Waals surface area contributed by atoms with Gasteiger partial charge in [0.15, 0.2) is 0 Å². The molecule has 0 radical (unpaired) electrons. The molecular weight excluding hydrogens is 198 g/mol. The molecule has 1 aromatic carbocycles. The van der Waals surface area contributed by atoms with Crippen LogP contribution in [0.3, 0.4) is 0 Å². The molecule has 0 bridgehead atoms. The van der Waals surface area contributed by atoms with Crippen molar-refractivity contribution in [1.29, 1.82) is 0 Å². The van der Waals surface area contributed by atoms with Crippen LogP contribution >= 0.6 is 0 Å². The summed E-state index contributed by atoms with van der Waals surface area (Å²) in [4.78, 5) is 8.40. The number of fused-ring (bicyclic) bond motifs is 2. The van der Waals surface area contributed by atoms with Gasteiger partial charge in [-0.3, -0.25) is 0 Å². The van der Waals surface area contributed by atoms with Crippen molar-refractivity contribution < 1.29 is 0 Å². The van der Waals surface area contributed by atoms with Crippen LogP contribution in [0.5, 0.6) is 0 Å². The first kappa shape index (κ1) is 9.33. The van der Waals surface area contributed by atoms with E-state index in [-0.39, 0.29) is 0 Å². The molecule has 1 aromatic heterocycles. The van der Waals surface area contributed by atoms with Crippen molar-refractivity contribution in [3.63, 3.8) is 0 Å². The number of rotatable bonds is 0. The Bertz CT molecular complexity index is 534. The van der Waals surface area contributed by atoms with Crippen molar-refractivity contribution in [3.8, 4) is 0 Å². The lowest BCUT2D eigenvalue weighted by atomic mass is 10.0. The number of aromatic nitrogens is 2. The van der Waals surface area contributed by atoms with Crippen LogP contribution in [0.1, 0.15) is 22.4 Å². The van der Waals surface area contributed by atoms with Gasteiger partial charge >= 0.3 is 0 Å². The highest BCUT2D eigenvalue weighted by Crippen LogP contribution is 2.22. The van der Waals surface area contributed by atoms with Crippen LogP contribution in [0.15, 0.2) is 30.5 Å². The molecule has 80 valence electrons. The van der Waals surface area contributed by atoms with E-state index in [0.717, 1.165) is 25.0 Å². The van der Waals surface area contributed by atoms with Gasteiger partial charge in [-0.2, -0.15) is 0 Å². The predicted molar refractivity (Wildman–Crippen MR) is 63.1 cm³/mol. The SMILES string of the molecule is Nc1ncc2c(n1)CCc1ccccc1C2. The lowest BCUT2D eigenvalue weighted by molar-refractivity contribution is 0.905. The molecule has 3 nitrogen and oxygen atoms in total. The third-order valence-corrected chi connectivity index (χ3v) is 3.10. The molecule has 16 heavy (non-hydrogen) atoms. The quantitative estimate of drug-likeness (QED) is 0.722. The Morgan fingerprint density at radius 1 is 1.00 bits per heavy atom. The summed E-state index contributed by atoms with van der Waals surface area (Å²) < 4.78 is 0. The molecule has 0 aliphatic heterocycles. The fourth-order valence-electron chi connectivity index (χ4n) is 2.25. The zero-order valence-corrected chi connectivity index (χ0v) is 8.98. The Morgan fingerprint density at radius 2 is 1.81 bits per heavy atom. The van der Waals surface area contributed by atoms with Gasteiger partial charge in [0.25, 0.3) is 0 Å². The zero-order valence-electron chi connectivity index (χ0n) is 8.98. The highest BCUT2D eigenvalue weighted by Gasteiger charge is 2.14. The molecule has 0 amide bonds. The van der Waals surface area contributed by atoms with Crippen LogP contribution in [0.4, 0.5) is 5.95 Å². The van der Waals surface area contributed by atoms with Gasteiger partial charge in [-0.15, -0.1) is 0 Å². The van der Waals surface area contributed by atoms with E-state index in [1.54, 1.807) is 0 Å². The van der Waals surface area contributed by atoms with Gasteiger partial charge in [-0.25, -0.2) is 9.97 Å². The molecule has 2 aromatic rings. The van der Waals surface area contributed by atoms with E-state index in [1.165, 1.54) is 16.7 Å². The Balaban J connectivity index is 2.08. The van der Waals surface area contributed by atoms with Crippen molar-refractivity contribution in [2.75, 3.05) is 5.73 Å². The van der Waals surface area contributed by atoms with Crippen molar-refractivity contribution in [2.24, 2.45) is 0 Å². The molecule has 3 heteroatoms. The predicted octanol–water partition coefficient (Wildman–Crippen LogP) is 1.75. The van der Waals surface area contributed by atoms with Crippen molar-refractivity contribution >= 4 is 5.95 Å². The number of aryl methyl sites for hydroxylation is 2. The largest absolute Gasteiger partial charge is 0.368 e. The average molecular weight is 211 g/mol. The standard InChI is InChI=1S/C13H13N3/c14-13-15-8-11-7-10-4-2-1-3-9(10)5-6-12(11)16-13/h1-4,8H,5-7H2,(H2,14,15,16). The summed E-state index contributed by atoms with van der Waals surface area (Å²) in [5.41, 5.74) is 10.7. The van der Waals surface area contributed by atoms with E-state index in [2.05, 4.69) is 34.2 Å². The number of nitrogens with two attached hydrogens (primary N) is 1. The van der Waals surface area contributed by atoms with Gasteiger partial charge < -0.3 is 5.73 Å². The summed E-state index contributed by atoms with van der Waals surface area (Å²) in [7, 11) is 0. The van der Waals surface area contributed by atoms with Crippen molar-refractivity contribution in [2.45, 2.75) is 19.3 Å². The third kappa shape index (κ3) is 1.54. The van der Waals surface area contributed by atoms with Crippen LogP contribution in [-0.2, 0) is 19.3 Å². The maximum absolute atomic E-state index is 5.62. The van der Waals surface area contributed by atoms with Gasteiger partial charge in [0.05, 0.1) is 0 Å². The van der Waals surface area contributed by atoms with Gasteiger partial charge in [0, 0.05) is 18.3 Å². The second-order valence-corrected chi connectivity index (χ2v) is 4.15. The fourth-order valence-corrected chi connectivity index (χ4v) is 2.25. The molecule has 0 spiro atoms. The van der Waals surface area contributed by atoms with E-state index < -0.39 is 0 Å². The molecule has 0 saturated carbocycles. The number of hydrogen-bond acceptors (Lipinski definition) is 3. The summed E-state index contributed by atoms with van der Waals surface area (Å²) in [5.74, 6) is 0.379. The van der Waals surface area contributed by atoms with Crippen LogP contribution in [0.25, 0.3) is 0 Å². The monoisotopic (exact) mass is 211 g/mol. The third-order valence-electron chi connectivity index (χ3n) is 3.10. The molecule has 0 unspecified atom stereocenters. The lowest BCUT2D eigenvalue weighted by Gasteiger charge is -2.04. The highest BCUT2D eigenvalue weighted by atomic mass is 15.0. The first-order valence-electron chi connectivity index (χ1n) is 5.50. The second-order valence-electron chi connectivity index (χ2n) is 4.15. The van der Waals surface area contributed by atoms with Gasteiger partial charge in [-0.05, 0) is 29.5 Å². The molecule has 3 rings (SSSR count). The molecule has 0 atom stereocenters. The molecule has 1 heterocycles. The molecule has 1 aliphatic carbocycles. The Hall–Kier alpha value is -1.90. The van der Waals surface area contributed by atoms with Gasteiger partial charge in [-0.1, -0.05) is 24.3 Å². The summed E-state index contributed by atoms with van der Waals surface area (Å²) in [6, 6.07) is 8.55. The fraction of sp³-hybridized carbons (Fsp3) is 0.231. The van der Waals surface area contributed by atoms with Crippen LogP contribution in [0.2, 0.25) is 0 Å². The zero-order chi connectivity index (χ0) is 11.0. The highest BCUT2D eigenvalue weighted by molar-refractivity contribution is 5.38. The van der Waals surface area contributed by atoms with Crippen LogP contribution in [0, 0.1) is 0 Å². The minimum Gasteiger partial charge on any atom is -0.368 e. The average Bonchev–Trinajstić information content (AvgIpc) is 2.48. The smallest absolute Gasteiger partial charge is 0.220 e. The summed E-state index contributed by atoms with van der Waals surface area (Å²) in [6.45, 7) is 0. The Labute approximate surface area is 94.4 Å².